The van der Waals surface area contributed by atoms with E-state index in [9.17, 15) is 14.4 Å². The number of nitrogens with one attached hydrogen (secondary N) is 2. The molecule has 2 N–H and O–H groups in total. The third-order valence-corrected chi connectivity index (χ3v) is 4.85. The monoisotopic (exact) mass is 403 g/mol. The molecule has 0 aliphatic carbocycles. The third-order valence-electron chi connectivity index (χ3n) is 4.85. The van der Waals surface area contributed by atoms with Gasteiger partial charge in [0.05, 0.1) is 12.9 Å². The number of imide groups is 1. The van der Waals surface area contributed by atoms with Crippen LogP contribution >= 0.6 is 0 Å². The largest absolute Gasteiger partial charge is 0.325 e. The summed E-state index contributed by atoms with van der Waals surface area (Å²) in [6, 6.07) is 8.20. The second-order valence-electron chi connectivity index (χ2n) is 6.83. The molecule has 10 heteroatoms. The SMILES string of the molecule is C#CCn1cnc2c(NC(=O)CN3C(=O)NC(C)(c4ccccc4)C3=O)ncnc21. The van der Waals surface area contributed by atoms with Crippen LogP contribution in [-0.2, 0) is 21.7 Å². The molecule has 3 aromatic rings. The summed E-state index contributed by atoms with van der Waals surface area (Å²) in [6.45, 7) is 1.40. The van der Waals surface area contributed by atoms with Crippen molar-refractivity contribution in [3.05, 3.63) is 48.5 Å². The highest BCUT2D eigenvalue weighted by Crippen LogP contribution is 2.28. The van der Waals surface area contributed by atoms with E-state index in [-0.39, 0.29) is 12.4 Å². The van der Waals surface area contributed by atoms with Crippen LogP contribution in [0.5, 0.6) is 0 Å². The summed E-state index contributed by atoms with van der Waals surface area (Å²) in [6.07, 6.45) is 8.09. The number of hydrogen-bond donors (Lipinski definition) is 2. The van der Waals surface area contributed by atoms with Crippen molar-refractivity contribution in [1.82, 2.24) is 29.7 Å². The highest BCUT2D eigenvalue weighted by atomic mass is 16.2. The molecule has 4 rings (SSSR count). The molecule has 1 aromatic carbocycles. The molecule has 1 aliphatic rings. The van der Waals surface area contributed by atoms with E-state index in [1.54, 1.807) is 35.8 Å². The Morgan fingerprint density at radius 3 is 2.73 bits per heavy atom. The summed E-state index contributed by atoms with van der Waals surface area (Å²) >= 11 is 0. The lowest BCUT2D eigenvalue weighted by atomic mass is 9.92. The predicted octanol–water partition coefficient (Wildman–Crippen LogP) is 0.865. The number of rotatable bonds is 5. The number of nitrogens with zero attached hydrogens (tertiary/aromatic N) is 5. The normalized spacial score (nSPS) is 18.3. The van der Waals surface area contributed by atoms with E-state index < -0.39 is 29.9 Å². The molecule has 2 aromatic heterocycles. The van der Waals surface area contributed by atoms with Crippen LogP contribution in [0.2, 0.25) is 0 Å². The van der Waals surface area contributed by atoms with Crippen LogP contribution in [0.25, 0.3) is 11.2 Å². The smallest absolute Gasteiger partial charge is 0.319 e. The Balaban J connectivity index is 1.52. The maximum absolute atomic E-state index is 12.9. The van der Waals surface area contributed by atoms with Crippen LogP contribution in [0.4, 0.5) is 10.6 Å². The number of fused-ring (bicyclic) bond motifs is 1. The van der Waals surface area contributed by atoms with Gasteiger partial charge in [0.25, 0.3) is 5.91 Å². The Bertz CT molecular complexity index is 1200. The molecule has 0 saturated carbocycles. The molecule has 1 unspecified atom stereocenters. The van der Waals surface area contributed by atoms with E-state index in [1.165, 1.54) is 12.7 Å². The Hall–Kier alpha value is -4.26. The lowest BCUT2D eigenvalue weighted by molar-refractivity contribution is -0.133. The number of urea groups is 1. The number of terminal acetylenes is 1. The zero-order chi connectivity index (χ0) is 21.3. The van der Waals surface area contributed by atoms with Gasteiger partial charge < -0.3 is 15.2 Å². The Morgan fingerprint density at radius 1 is 1.23 bits per heavy atom. The van der Waals surface area contributed by atoms with Crippen molar-refractivity contribution in [2.75, 3.05) is 11.9 Å². The standard InChI is InChI=1S/C20H17N7O3/c1-3-9-26-12-23-15-16(21-11-22-17(15)26)24-14(28)10-27-18(29)20(2,25-19(27)30)13-7-5-4-6-8-13/h1,4-8,11-12H,9-10H2,2H3,(H,25,30)(H,21,22,24,28). The van der Waals surface area contributed by atoms with Gasteiger partial charge in [-0.05, 0) is 12.5 Å². The molecule has 1 aliphatic heterocycles. The Labute approximate surface area is 171 Å². The number of carbonyl (C=O) groups is 3. The number of amides is 4. The maximum atomic E-state index is 12.9. The molecular weight excluding hydrogens is 386 g/mol. The highest BCUT2D eigenvalue weighted by Gasteiger charge is 2.49. The number of imidazole rings is 1. The van der Waals surface area contributed by atoms with Gasteiger partial charge >= 0.3 is 6.03 Å². The molecule has 0 radical (unpaired) electrons. The number of anilines is 1. The molecule has 1 saturated heterocycles. The number of carbonyl (C=O) groups excluding carboxylic acids is 3. The van der Waals surface area contributed by atoms with Gasteiger partial charge in [0.1, 0.15) is 18.4 Å². The van der Waals surface area contributed by atoms with Crippen LogP contribution in [0.3, 0.4) is 0 Å². The molecule has 150 valence electrons. The summed E-state index contributed by atoms with van der Waals surface area (Å²) in [5.74, 6) is 1.54. The van der Waals surface area contributed by atoms with Crippen molar-refractivity contribution in [1.29, 1.82) is 0 Å². The van der Waals surface area contributed by atoms with Gasteiger partial charge in [-0.1, -0.05) is 36.3 Å². The first-order chi connectivity index (χ1) is 14.4. The van der Waals surface area contributed by atoms with E-state index in [0.29, 0.717) is 16.7 Å². The van der Waals surface area contributed by atoms with Gasteiger partial charge in [-0.2, -0.15) is 0 Å². The van der Waals surface area contributed by atoms with Crippen molar-refractivity contribution in [3.63, 3.8) is 0 Å². The van der Waals surface area contributed by atoms with Crippen molar-refractivity contribution in [2.45, 2.75) is 19.0 Å². The minimum Gasteiger partial charge on any atom is -0.319 e. The van der Waals surface area contributed by atoms with Gasteiger partial charge in [0.2, 0.25) is 5.91 Å². The zero-order valence-electron chi connectivity index (χ0n) is 16.0. The number of benzene rings is 1. The minimum absolute atomic E-state index is 0.165. The molecule has 0 bridgehead atoms. The average molecular weight is 403 g/mol. The van der Waals surface area contributed by atoms with E-state index >= 15 is 0 Å². The summed E-state index contributed by atoms with van der Waals surface area (Å²) < 4.78 is 1.63. The fraction of sp³-hybridized carbons (Fsp3) is 0.200. The summed E-state index contributed by atoms with van der Waals surface area (Å²) in [4.78, 5) is 51.1. The summed E-state index contributed by atoms with van der Waals surface area (Å²) in [5, 5.41) is 5.24. The van der Waals surface area contributed by atoms with Crippen molar-refractivity contribution in [3.8, 4) is 12.3 Å². The molecular formula is C20H17N7O3. The second kappa shape index (κ2) is 7.29. The van der Waals surface area contributed by atoms with Gasteiger partial charge in [0, 0.05) is 0 Å². The van der Waals surface area contributed by atoms with E-state index in [2.05, 4.69) is 31.5 Å². The van der Waals surface area contributed by atoms with Gasteiger partial charge in [-0.3, -0.25) is 14.5 Å². The van der Waals surface area contributed by atoms with Gasteiger partial charge in [-0.15, -0.1) is 6.42 Å². The summed E-state index contributed by atoms with van der Waals surface area (Å²) in [5.41, 5.74) is 0.203. The van der Waals surface area contributed by atoms with Crippen molar-refractivity contribution >= 4 is 34.8 Å². The number of hydrogen-bond acceptors (Lipinski definition) is 6. The molecule has 30 heavy (non-hydrogen) atoms. The summed E-state index contributed by atoms with van der Waals surface area (Å²) in [7, 11) is 0. The van der Waals surface area contributed by atoms with Crippen LogP contribution in [0.1, 0.15) is 12.5 Å². The molecule has 10 nitrogen and oxygen atoms in total. The van der Waals surface area contributed by atoms with Crippen LogP contribution in [-0.4, -0.2) is 48.8 Å². The maximum Gasteiger partial charge on any atom is 0.325 e. The van der Waals surface area contributed by atoms with Crippen LogP contribution < -0.4 is 10.6 Å². The van der Waals surface area contributed by atoms with Gasteiger partial charge in [0.15, 0.2) is 17.0 Å². The zero-order valence-corrected chi connectivity index (χ0v) is 16.0. The first-order valence-electron chi connectivity index (χ1n) is 9.03. The fourth-order valence-corrected chi connectivity index (χ4v) is 3.31. The predicted molar refractivity (Wildman–Crippen MR) is 107 cm³/mol. The molecule has 4 amide bonds. The first kappa shape index (κ1) is 19.1. The van der Waals surface area contributed by atoms with E-state index in [1.807, 2.05) is 6.07 Å². The van der Waals surface area contributed by atoms with Crippen LogP contribution in [0, 0.1) is 12.3 Å². The van der Waals surface area contributed by atoms with E-state index in [0.717, 1.165) is 4.90 Å². The number of aromatic nitrogens is 4. The Morgan fingerprint density at radius 2 is 2.00 bits per heavy atom. The first-order valence-corrected chi connectivity index (χ1v) is 9.03. The molecule has 3 heterocycles. The Kier molecular flexibility index (Phi) is 4.63. The average Bonchev–Trinajstić information content (AvgIpc) is 3.25. The molecule has 1 atom stereocenters. The quantitative estimate of drug-likeness (QED) is 0.481. The van der Waals surface area contributed by atoms with Crippen molar-refractivity contribution < 1.29 is 14.4 Å². The van der Waals surface area contributed by atoms with Gasteiger partial charge in [-0.25, -0.2) is 19.7 Å². The fourth-order valence-electron chi connectivity index (χ4n) is 3.31. The lowest BCUT2D eigenvalue weighted by Gasteiger charge is -2.22. The third kappa shape index (κ3) is 3.12. The molecule has 1 fully saturated rings. The second-order valence-corrected chi connectivity index (χ2v) is 6.83. The minimum atomic E-state index is -1.24. The topological polar surface area (TPSA) is 122 Å². The van der Waals surface area contributed by atoms with Crippen molar-refractivity contribution in [2.24, 2.45) is 0 Å². The van der Waals surface area contributed by atoms with Crippen LogP contribution in [0.15, 0.2) is 43.0 Å². The molecule has 0 spiro atoms. The lowest BCUT2D eigenvalue weighted by Crippen LogP contribution is -2.42. The van der Waals surface area contributed by atoms with E-state index in [4.69, 9.17) is 6.42 Å². The highest BCUT2D eigenvalue weighted by molar-refractivity contribution is 6.10.